The smallest absolute Gasteiger partial charge is 0.225 e. The van der Waals surface area contributed by atoms with Crippen LogP contribution in [0.1, 0.15) is 81.6 Å². The van der Waals surface area contributed by atoms with Crippen molar-refractivity contribution < 1.29 is 4.79 Å². The van der Waals surface area contributed by atoms with Gasteiger partial charge in [0.05, 0.1) is 0 Å². The Hall–Kier alpha value is -0.830. The first-order chi connectivity index (χ1) is 10.7. The first kappa shape index (κ1) is 23.2. The van der Waals surface area contributed by atoms with Crippen molar-refractivity contribution in [3.8, 4) is 0 Å². The maximum absolute atomic E-state index is 12.5. The molecule has 0 saturated heterocycles. The SMILES string of the molecule is CCC(C)(C=CCC(C)(C)C)C(C)(C)CC(C)(C)C(=O)NCCN. The summed E-state index contributed by atoms with van der Waals surface area (Å²) in [6, 6.07) is 0. The summed E-state index contributed by atoms with van der Waals surface area (Å²) in [5.41, 5.74) is 5.47. The molecule has 0 fully saturated rings. The van der Waals surface area contributed by atoms with Crippen LogP contribution in [0.3, 0.4) is 0 Å². The molecule has 142 valence electrons. The zero-order valence-corrected chi connectivity index (χ0v) is 17.7. The quantitative estimate of drug-likeness (QED) is 0.587. The van der Waals surface area contributed by atoms with Gasteiger partial charge in [-0.15, -0.1) is 0 Å². The van der Waals surface area contributed by atoms with Crippen molar-refractivity contribution in [3.05, 3.63) is 12.2 Å². The van der Waals surface area contributed by atoms with Gasteiger partial charge in [-0.3, -0.25) is 4.79 Å². The molecule has 1 unspecified atom stereocenters. The van der Waals surface area contributed by atoms with Crippen molar-refractivity contribution in [2.24, 2.45) is 27.4 Å². The van der Waals surface area contributed by atoms with E-state index in [1.54, 1.807) is 0 Å². The molecule has 3 nitrogen and oxygen atoms in total. The highest BCUT2D eigenvalue weighted by molar-refractivity contribution is 5.81. The predicted octanol–water partition coefficient (Wildman–Crippen LogP) is 4.91. The molecule has 0 bridgehead atoms. The zero-order chi connectivity index (χ0) is 19.2. The van der Waals surface area contributed by atoms with Crippen molar-refractivity contribution in [3.63, 3.8) is 0 Å². The number of carbonyl (C=O) groups is 1. The van der Waals surface area contributed by atoms with Crippen molar-refractivity contribution in [2.45, 2.75) is 81.6 Å². The van der Waals surface area contributed by atoms with Gasteiger partial charge in [0.15, 0.2) is 0 Å². The number of hydrogen-bond acceptors (Lipinski definition) is 2. The van der Waals surface area contributed by atoms with Crippen LogP contribution in [0.5, 0.6) is 0 Å². The molecule has 0 saturated carbocycles. The number of hydrogen-bond donors (Lipinski definition) is 2. The summed E-state index contributed by atoms with van der Waals surface area (Å²) < 4.78 is 0. The summed E-state index contributed by atoms with van der Waals surface area (Å²) >= 11 is 0. The third-order valence-electron chi connectivity index (χ3n) is 5.42. The molecule has 0 radical (unpaired) electrons. The van der Waals surface area contributed by atoms with Crippen LogP contribution < -0.4 is 11.1 Å². The third kappa shape index (κ3) is 6.96. The highest BCUT2D eigenvalue weighted by atomic mass is 16.2. The van der Waals surface area contributed by atoms with Crippen LogP contribution in [-0.4, -0.2) is 19.0 Å². The van der Waals surface area contributed by atoms with Gasteiger partial charge in [0.25, 0.3) is 0 Å². The van der Waals surface area contributed by atoms with E-state index in [0.29, 0.717) is 18.5 Å². The molecule has 24 heavy (non-hydrogen) atoms. The highest BCUT2D eigenvalue weighted by Crippen LogP contribution is 2.49. The molecule has 0 aliphatic carbocycles. The van der Waals surface area contributed by atoms with E-state index in [0.717, 1.165) is 19.3 Å². The van der Waals surface area contributed by atoms with Crippen molar-refractivity contribution >= 4 is 5.91 Å². The second-order valence-electron chi connectivity index (χ2n) is 9.93. The number of amides is 1. The molecule has 0 rings (SSSR count). The van der Waals surface area contributed by atoms with E-state index in [-0.39, 0.29) is 16.7 Å². The van der Waals surface area contributed by atoms with Crippen LogP contribution in [0.25, 0.3) is 0 Å². The summed E-state index contributed by atoms with van der Waals surface area (Å²) in [6.07, 6.45) is 7.67. The lowest BCUT2D eigenvalue weighted by Crippen LogP contribution is -2.45. The van der Waals surface area contributed by atoms with Gasteiger partial charge in [-0.2, -0.15) is 0 Å². The molecule has 0 aliphatic heterocycles. The lowest BCUT2D eigenvalue weighted by atomic mass is 9.59. The van der Waals surface area contributed by atoms with Gasteiger partial charge in [0.1, 0.15) is 0 Å². The molecular weight excluding hydrogens is 296 g/mol. The Morgan fingerprint density at radius 1 is 1.04 bits per heavy atom. The predicted molar refractivity (Wildman–Crippen MR) is 106 cm³/mol. The minimum Gasteiger partial charge on any atom is -0.354 e. The number of allylic oxidation sites excluding steroid dienone is 2. The summed E-state index contributed by atoms with van der Waals surface area (Å²) in [6.45, 7) is 21.0. The third-order valence-corrected chi connectivity index (χ3v) is 5.42. The van der Waals surface area contributed by atoms with E-state index >= 15 is 0 Å². The number of nitrogens with one attached hydrogen (secondary N) is 1. The average molecular weight is 339 g/mol. The first-order valence-electron chi connectivity index (χ1n) is 9.37. The fourth-order valence-corrected chi connectivity index (χ4v) is 3.31. The molecule has 0 heterocycles. The average Bonchev–Trinajstić information content (AvgIpc) is 2.41. The van der Waals surface area contributed by atoms with E-state index in [4.69, 9.17) is 5.73 Å². The van der Waals surface area contributed by atoms with E-state index in [1.807, 2.05) is 13.8 Å². The van der Waals surface area contributed by atoms with Crippen LogP contribution in [0.4, 0.5) is 0 Å². The van der Waals surface area contributed by atoms with Crippen LogP contribution in [0.2, 0.25) is 0 Å². The summed E-state index contributed by atoms with van der Waals surface area (Å²) in [4.78, 5) is 12.5. The molecule has 0 aliphatic rings. The van der Waals surface area contributed by atoms with E-state index in [9.17, 15) is 4.79 Å². The Morgan fingerprint density at radius 3 is 2.00 bits per heavy atom. The van der Waals surface area contributed by atoms with Gasteiger partial charge in [0, 0.05) is 18.5 Å². The maximum atomic E-state index is 12.5. The second kappa shape index (κ2) is 8.51. The Balaban J connectivity index is 5.24. The highest BCUT2D eigenvalue weighted by Gasteiger charge is 2.43. The molecule has 0 spiro atoms. The Bertz CT molecular complexity index is 430. The van der Waals surface area contributed by atoms with Crippen molar-refractivity contribution in [2.75, 3.05) is 13.1 Å². The molecule has 1 amide bonds. The van der Waals surface area contributed by atoms with Crippen molar-refractivity contribution in [1.29, 1.82) is 0 Å². The fraction of sp³-hybridized carbons (Fsp3) is 0.857. The molecule has 1 atom stereocenters. The monoisotopic (exact) mass is 338 g/mol. The summed E-state index contributed by atoms with van der Waals surface area (Å²) in [7, 11) is 0. The van der Waals surface area contributed by atoms with Gasteiger partial charge in [-0.05, 0) is 35.5 Å². The topological polar surface area (TPSA) is 55.1 Å². The van der Waals surface area contributed by atoms with Crippen molar-refractivity contribution in [1.82, 2.24) is 5.32 Å². The minimum absolute atomic E-state index is 0.0136. The van der Waals surface area contributed by atoms with E-state index in [2.05, 4.69) is 65.9 Å². The molecule has 0 aromatic rings. The molecular formula is C21H42N2O. The Kier molecular flexibility index (Phi) is 8.22. The van der Waals surface area contributed by atoms with Crippen LogP contribution in [0.15, 0.2) is 12.2 Å². The van der Waals surface area contributed by atoms with E-state index < -0.39 is 5.41 Å². The minimum atomic E-state index is -0.410. The van der Waals surface area contributed by atoms with E-state index in [1.165, 1.54) is 0 Å². The maximum Gasteiger partial charge on any atom is 0.225 e. The van der Waals surface area contributed by atoms with Gasteiger partial charge >= 0.3 is 0 Å². The summed E-state index contributed by atoms with van der Waals surface area (Å²) in [5.74, 6) is 0.0955. The molecule has 0 aromatic heterocycles. The fourth-order valence-electron chi connectivity index (χ4n) is 3.31. The number of nitrogens with two attached hydrogens (primary N) is 1. The standard InChI is InChI=1S/C21H42N2O/c1-10-21(9,13-11-12-18(2,3)4)20(7,8)16-19(5,6)17(24)23-15-14-22/h11,13H,10,12,14-16,22H2,1-9H3,(H,23,24). The van der Waals surface area contributed by atoms with Gasteiger partial charge in [0.2, 0.25) is 5.91 Å². The second-order valence-corrected chi connectivity index (χ2v) is 9.93. The first-order valence-corrected chi connectivity index (χ1v) is 9.37. The zero-order valence-electron chi connectivity index (χ0n) is 17.7. The largest absolute Gasteiger partial charge is 0.354 e. The number of carbonyl (C=O) groups excluding carboxylic acids is 1. The van der Waals surface area contributed by atoms with Crippen LogP contribution >= 0.6 is 0 Å². The normalized spacial score (nSPS) is 16.2. The Labute approximate surface area is 150 Å². The number of rotatable bonds is 9. The van der Waals surface area contributed by atoms with Crippen LogP contribution in [-0.2, 0) is 4.79 Å². The summed E-state index contributed by atoms with van der Waals surface area (Å²) in [5, 5.41) is 2.95. The van der Waals surface area contributed by atoms with Crippen LogP contribution in [0, 0.1) is 21.7 Å². The van der Waals surface area contributed by atoms with Gasteiger partial charge in [-0.1, -0.05) is 74.5 Å². The lowest BCUT2D eigenvalue weighted by molar-refractivity contribution is -0.131. The molecule has 3 N–H and O–H groups in total. The van der Waals surface area contributed by atoms with Gasteiger partial charge < -0.3 is 11.1 Å². The molecule has 3 heteroatoms. The Morgan fingerprint density at radius 2 is 1.58 bits per heavy atom. The van der Waals surface area contributed by atoms with Gasteiger partial charge in [-0.25, -0.2) is 0 Å². The lowest BCUT2D eigenvalue weighted by Gasteiger charge is -2.46. The molecule has 0 aromatic carbocycles.